The minimum atomic E-state index is -0.0967. The molecule has 2 nitrogen and oxygen atoms in total. The quantitative estimate of drug-likeness (QED) is 0.287. The monoisotopic (exact) mass is 459 g/mol. The maximum Gasteiger partial charge on any atom is 0.228 e. The van der Waals surface area contributed by atoms with E-state index in [1.807, 2.05) is 30.3 Å². The molecule has 0 unspecified atom stereocenters. The van der Waals surface area contributed by atoms with Gasteiger partial charge in [-0.1, -0.05) is 128 Å². The Balaban J connectivity index is 1.43. The molecular formula is C33H33NO. The largest absolute Gasteiger partial charge is 0.348 e. The van der Waals surface area contributed by atoms with E-state index in [1.54, 1.807) is 0 Å². The smallest absolute Gasteiger partial charge is 0.228 e. The van der Waals surface area contributed by atoms with Gasteiger partial charge in [-0.15, -0.1) is 0 Å². The maximum atomic E-state index is 13.9. The normalized spacial score (nSPS) is 15.4. The van der Waals surface area contributed by atoms with E-state index in [0.717, 1.165) is 30.4 Å². The highest BCUT2D eigenvalue weighted by atomic mass is 16.2. The molecule has 1 aliphatic carbocycles. The molecule has 0 heterocycles. The summed E-state index contributed by atoms with van der Waals surface area (Å²) in [5.41, 5.74) is 5.89. The average Bonchev–Trinajstić information content (AvgIpc) is 3.45. The Morgan fingerprint density at radius 1 is 0.657 bits per heavy atom. The zero-order valence-electron chi connectivity index (χ0n) is 20.1. The van der Waals surface area contributed by atoms with Crippen molar-refractivity contribution in [2.75, 3.05) is 0 Å². The summed E-state index contributed by atoms with van der Waals surface area (Å²) in [6.07, 6.45) is 5.46. The molecule has 0 radical (unpaired) electrons. The van der Waals surface area contributed by atoms with Crippen molar-refractivity contribution in [3.63, 3.8) is 0 Å². The number of carbonyl (C=O) groups is 1. The molecule has 1 aliphatic rings. The van der Waals surface area contributed by atoms with Crippen molar-refractivity contribution in [3.8, 4) is 11.1 Å². The minimum Gasteiger partial charge on any atom is -0.348 e. The van der Waals surface area contributed by atoms with Crippen LogP contribution in [-0.4, -0.2) is 5.91 Å². The summed E-state index contributed by atoms with van der Waals surface area (Å²) in [5.74, 6) is 0.465. The van der Waals surface area contributed by atoms with Crippen LogP contribution in [-0.2, 0) is 11.2 Å². The molecule has 1 fully saturated rings. The van der Waals surface area contributed by atoms with Gasteiger partial charge in [0.1, 0.15) is 0 Å². The van der Waals surface area contributed by atoms with Crippen LogP contribution in [0.15, 0.2) is 115 Å². The molecule has 2 atom stereocenters. The number of amides is 1. The van der Waals surface area contributed by atoms with Crippen LogP contribution in [0.4, 0.5) is 0 Å². The second-order valence-corrected chi connectivity index (χ2v) is 9.67. The van der Waals surface area contributed by atoms with E-state index in [1.165, 1.54) is 29.5 Å². The molecule has 2 heteroatoms. The lowest BCUT2D eigenvalue weighted by molar-refractivity contribution is -0.124. The fourth-order valence-electron chi connectivity index (χ4n) is 5.49. The summed E-state index contributed by atoms with van der Waals surface area (Å²) in [6, 6.07) is 39.8. The Bertz CT molecular complexity index is 1200. The second-order valence-electron chi connectivity index (χ2n) is 9.67. The van der Waals surface area contributed by atoms with Crippen molar-refractivity contribution in [1.82, 2.24) is 5.32 Å². The van der Waals surface area contributed by atoms with Crippen LogP contribution in [0.3, 0.4) is 0 Å². The zero-order chi connectivity index (χ0) is 23.9. The van der Waals surface area contributed by atoms with Crippen LogP contribution in [0.1, 0.15) is 54.3 Å². The predicted octanol–water partition coefficient (Wildman–Crippen LogP) is 7.73. The van der Waals surface area contributed by atoms with E-state index < -0.39 is 0 Å². The third-order valence-corrected chi connectivity index (χ3v) is 7.33. The lowest BCUT2D eigenvalue weighted by Gasteiger charge is -2.27. The summed E-state index contributed by atoms with van der Waals surface area (Å²) < 4.78 is 0. The number of nitrogens with one attached hydrogen (secondary N) is 1. The highest BCUT2D eigenvalue weighted by Gasteiger charge is 2.33. The molecule has 0 spiro atoms. The predicted molar refractivity (Wildman–Crippen MR) is 144 cm³/mol. The van der Waals surface area contributed by atoms with Gasteiger partial charge in [-0.2, -0.15) is 0 Å². The average molecular weight is 460 g/mol. The number of benzene rings is 4. The van der Waals surface area contributed by atoms with Gasteiger partial charge in [0.2, 0.25) is 5.91 Å². The molecule has 4 aromatic rings. The first-order valence-corrected chi connectivity index (χ1v) is 12.8. The van der Waals surface area contributed by atoms with Crippen molar-refractivity contribution in [2.24, 2.45) is 5.92 Å². The number of hydrogen-bond donors (Lipinski definition) is 1. The highest BCUT2D eigenvalue weighted by molar-refractivity contribution is 5.84. The van der Waals surface area contributed by atoms with Crippen LogP contribution in [0.2, 0.25) is 0 Å². The van der Waals surface area contributed by atoms with Gasteiger partial charge in [0.25, 0.3) is 0 Å². The Morgan fingerprint density at radius 3 is 1.83 bits per heavy atom. The van der Waals surface area contributed by atoms with Gasteiger partial charge in [-0.05, 0) is 53.0 Å². The number of rotatable bonds is 8. The molecular weight excluding hydrogens is 426 g/mol. The van der Waals surface area contributed by atoms with E-state index in [2.05, 4.69) is 90.2 Å². The number of hydrogen-bond acceptors (Lipinski definition) is 1. The summed E-state index contributed by atoms with van der Waals surface area (Å²) in [4.78, 5) is 13.9. The van der Waals surface area contributed by atoms with E-state index in [-0.39, 0.29) is 17.9 Å². The molecule has 176 valence electrons. The molecule has 4 aromatic carbocycles. The molecule has 5 rings (SSSR count). The van der Waals surface area contributed by atoms with Crippen LogP contribution in [0.25, 0.3) is 11.1 Å². The lowest BCUT2D eigenvalue weighted by Crippen LogP contribution is -2.36. The SMILES string of the molecule is O=C(N[C@@H](Cc1ccccc1)c1ccc(-c2ccccc2)cc1)[C@H](c1ccccc1)C1CCCC1. The Hall–Kier alpha value is -3.65. The Labute approximate surface area is 209 Å². The van der Waals surface area contributed by atoms with Crippen LogP contribution in [0, 0.1) is 5.92 Å². The number of carbonyl (C=O) groups excluding carboxylic acids is 1. The fourth-order valence-corrected chi connectivity index (χ4v) is 5.49. The lowest BCUT2D eigenvalue weighted by atomic mass is 9.83. The third kappa shape index (κ3) is 5.71. The molecule has 0 aliphatic heterocycles. The molecule has 1 amide bonds. The van der Waals surface area contributed by atoms with E-state index >= 15 is 0 Å². The first-order chi connectivity index (χ1) is 17.3. The van der Waals surface area contributed by atoms with Crippen molar-refractivity contribution in [1.29, 1.82) is 0 Å². The van der Waals surface area contributed by atoms with Gasteiger partial charge in [-0.25, -0.2) is 0 Å². The van der Waals surface area contributed by atoms with E-state index in [4.69, 9.17) is 0 Å². The highest BCUT2D eigenvalue weighted by Crippen LogP contribution is 2.38. The summed E-state index contributed by atoms with van der Waals surface area (Å²) in [5, 5.41) is 3.48. The van der Waals surface area contributed by atoms with Crippen molar-refractivity contribution < 1.29 is 4.79 Å². The Morgan fingerprint density at radius 2 is 1.20 bits per heavy atom. The van der Waals surface area contributed by atoms with Gasteiger partial charge in [-0.3, -0.25) is 4.79 Å². The zero-order valence-corrected chi connectivity index (χ0v) is 20.1. The van der Waals surface area contributed by atoms with Gasteiger partial charge in [0.15, 0.2) is 0 Å². The summed E-state index contributed by atoms with van der Waals surface area (Å²) in [6.45, 7) is 0. The van der Waals surface area contributed by atoms with Gasteiger partial charge < -0.3 is 5.32 Å². The first kappa shape index (κ1) is 23.1. The Kier molecular flexibility index (Phi) is 7.38. The van der Waals surface area contributed by atoms with Crippen molar-refractivity contribution in [3.05, 3.63) is 132 Å². The molecule has 0 bridgehead atoms. The molecule has 0 aromatic heterocycles. The van der Waals surface area contributed by atoms with Crippen LogP contribution >= 0.6 is 0 Å². The standard InChI is InChI=1S/C33H33NO/c35-33(32(30-18-10-11-19-30)29-16-8-3-9-17-29)34-31(24-25-12-4-1-5-13-25)28-22-20-27(21-23-28)26-14-6-2-7-15-26/h1-9,12-17,20-23,30-32H,10-11,18-19,24H2,(H,34,35)/t31-,32+/m0/s1. The minimum absolute atomic E-state index is 0.0812. The molecule has 1 N–H and O–H groups in total. The molecule has 1 saturated carbocycles. The van der Waals surface area contributed by atoms with Crippen molar-refractivity contribution >= 4 is 5.91 Å². The fraction of sp³-hybridized carbons (Fsp3) is 0.242. The second kappa shape index (κ2) is 11.2. The van der Waals surface area contributed by atoms with E-state index in [0.29, 0.717) is 5.92 Å². The van der Waals surface area contributed by atoms with Crippen molar-refractivity contribution in [2.45, 2.75) is 44.1 Å². The molecule has 0 saturated heterocycles. The van der Waals surface area contributed by atoms with Gasteiger partial charge in [0.05, 0.1) is 12.0 Å². The topological polar surface area (TPSA) is 29.1 Å². The summed E-state index contributed by atoms with van der Waals surface area (Å²) >= 11 is 0. The van der Waals surface area contributed by atoms with Gasteiger partial charge >= 0.3 is 0 Å². The van der Waals surface area contributed by atoms with Gasteiger partial charge in [0, 0.05) is 0 Å². The van der Waals surface area contributed by atoms with E-state index in [9.17, 15) is 4.79 Å². The molecule has 35 heavy (non-hydrogen) atoms. The first-order valence-electron chi connectivity index (χ1n) is 12.8. The van der Waals surface area contributed by atoms with Crippen LogP contribution in [0.5, 0.6) is 0 Å². The summed E-state index contributed by atoms with van der Waals surface area (Å²) in [7, 11) is 0. The van der Waals surface area contributed by atoms with Crippen LogP contribution < -0.4 is 5.32 Å². The third-order valence-electron chi connectivity index (χ3n) is 7.33. The maximum absolute atomic E-state index is 13.9.